The minimum absolute atomic E-state index is 0.129. The second kappa shape index (κ2) is 8.92. The lowest BCUT2D eigenvalue weighted by Gasteiger charge is -2.07. The van der Waals surface area contributed by atoms with Crippen molar-refractivity contribution in [3.8, 4) is 22.9 Å². The molecule has 0 spiro atoms. The Morgan fingerprint density at radius 1 is 1.19 bits per heavy atom. The molecule has 7 nitrogen and oxygen atoms in total. The second-order valence-corrected chi connectivity index (χ2v) is 7.23. The molecular formula is C18H17BrN4O3S. The van der Waals surface area contributed by atoms with Crippen molar-refractivity contribution in [1.29, 1.82) is 0 Å². The number of anilines is 1. The summed E-state index contributed by atoms with van der Waals surface area (Å²) in [7, 11) is 3.17. The van der Waals surface area contributed by atoms with Crippen LogP contribution in [0.5, 0.6) is 11.5 Å². The Morgan fingerprint density at radius 3 is 2.67 bits per heavy atom. The van der Waals surface area contributed by atoms with Crippen molar-refractivity contribution in [3.63, 3.8) is 0 Å². The summed E-state index contributed by atoms with van der Waals surface area (Å²) in [4.78, 5) is 16.5. The molecule has 1 amide bonds. The maximum Gasteiger partial charge on any atom is 0.234 e. The van der Waals surface area contributed by atoms with Crippen LogP contribution in [-0.4, -0.2) is 41.1 Å². The van der Waals surface area contributed by atoms with E-state index in [4.69, 9.17) is 9.47 Å². The number of hydrogen-bond acceptors (Lipinski definition) is 6. The number of aromatic amines is 1. The number of thioether (sulfide) groups is 1. The summed E-state index contributed by atoms with van der Waals surface area (Å²) in [6.45, 7) is 0. The molecule has 0 aliphatic rings. The number of rotatable bonds is 7. The Bertz CT molecular complexity index is 931. The van der Waals surface area contributed by atoms with E-state index in [-0.39, 0.29) is 11.7 Å². The molecule has 1 aromatic heterocycles. The molecule has 2 N–H and O–H groups in total. The van der Waals surface area contributed by atoms with Gasteiger partial charge in [-0.3, -0.25) is 9.89 Å². The third-order valence-electron chi connectivity index (χ3n) is 3.59. The minimum Gasteiger partial charge on any atom is -0.497 e. The van der Waals surface area contributed by atoms with Crippen LogP contribution in [0.2, 0.25) is 0 Å². The van der Waals surface area contributed by atoms with E-state index in [9.17, 15) is 4.79 Å². The maximum atomic E-state index is 12.1. The highest BCUT2D eigenvalue weighted by molar-refractivity contribution is 9.10. The molecular weight excluding hydrogens is 432 g/mol. The SMILES string of the molecule is COc1ccc(-c2nc(SCC(=O)Nc3ccc(Br)cc3)n[nH]2)c(OC)c1. The van der Waals surface area contributed by atoms with Crippen LogP contribution < -0.4 is 14.8 Å². The number of aromatic nitrogens is 3. The number of halogens is 1. The van der Waals surface area contributed by atoms with Crippen molar-refractivity contribution < 1.29 is 14.3 Å². The monoisotopic (exact) mass is 448 g/mol. The minimum atomic E-state index is -0.129. The molecule has 0 fully saturated rings. The number of carbonyl (C=O) groups is 1. The van der Waals surface area contributed by atoms with Gasteiger partial charge < -0.3 is 14.8 Å². The van der Waals surface area contributed by atoms with Gasteiger partial charge in [-0.1, -0.05) is 27.7 Å². The molecule has 2 aromatic carbocycles. The lowest BCUT2D eigenvalue weighted by molar-refractivity contribution is -0.113. The van der Waals surface area contributed by atoms with Gasteiger partial charge in [0.15, 0.2) is 5.82 Å². The fourth-order valence-corrected chi connectivity index (χ4v) is 3.15. The number of H-pyrrole nitrogens is 1. The molecule has 0 saturated carbocycles. The standard InChI is InChI=1S/C18H17BrN4O3S/c1-25-13-7-8-14(15(9-13)26-2)17-21-18(23-22-17)27-10-16(24)20-12-5-3-11(19)4-6-12/h3-9H,10H2,1-2H3,(H,20,24)(H,21,22,23). The molecule has 0 unspecified atom stereocenters. The Labute approximate surface area is 169 Å². The van der Waals surface area contributed by atoms with E-state index >= 15 is 0 Å². The number of amides is 1. The van der Waals surface area contributed by atoms with Crippen LogP contribution in [0.3, 0.4) is 0 Å². The van der Waals surface area contributed by atoms with Crippen molar-refractivity contribution >= 4 is 39.3 Å². The number of nitrogens with one attached hydrogen (secondary N) is 2. The highest BCUT2D eigenvalue weighted by Gasteiger charge is 2.13. The van der Waals surface area contributed by atoms with E-state index in [2.05, 4.69) is 36.4 Å². The third-order valence-corrected chi connectivity index (χ3v) is 4.97. The van der Waals surface area contributed by atoms with E-state index in [1.54, 1.807) is 20.3 Å². The zero-order valence-corrected chi connectivity index (χ0v) is 17.1. The molecule has 27 heavy (non-hydrogen) atoms. The first-order valence-corrected chi connectivity index (χ1v) is 9.70. The molecule has 3 rings (SSSR count). The quantitative estimate of drug-likeness (QED) is 0.531. The number of methoxy groups -OCH3 is 2. The second-order valence-electron chi connectivity index (χ2n) is 5.38. The Kier molecular flexibility index (Phi) is 6.36. The van der Waals surface area contributed by atoms with Crippen LogP contribution in [0.25, 0.3) is 11.4 Å². The first-order chi connectivity index (χ1) is 13.1. The highest BCUT2D eigenvalue weighted by Crippen LogP contribution is 2.32. The van der Waals surface area contributed by atoms with Crippen molar-refractivity contribution in [1.82, 2.24) is 15.2 Å². The number of ether oxygens (including phenoxy) is 2. The van der Waals surface area contributed by atoms with Gasteiger partial charge >= 0.3 is 0 Å². The first-order valence-electron chi connectivity index (χ1n) is 7.92. The smallest absolute Gasteiger partial charge is 0.234 e. The van der Waals surface area contributed by atoms with E-state index in [0.29, 0.717) is 22.5 Å². The molecule has 0 radical (unpaired) electrons. The molecule has 1 heterocycles. The molecule has 9 heteroatoms. The Balaban J connectivity index is 1.62. The van der Waals surface area contributed by atoms with Gasteiger partial charge in [-0.15, -0.1) is 5.10 Å². The summed E-state index contributed by atoms with van der Waals surface area (Å²) in [5.41, 5.74) is 1.50. The normalized spacial score (nSPS) is 10.5. The van der Waals surface area contributed by atoms with Gasteiger partial charge in [0.25, 0.3) is 0 Å². The van der Waals surface area contributed by atoms with Gasteiger partial charge in [0.1, 0.15) is 11.5 Å². The summed E-state index contributed by atoms with van der Waals surface area (Å²) in [6.07, 6.45) is 0. The van der Waals surface area contributed by atoms with Gasteiger partial charge in [0, 0.05) is 16.2 Å². The van der Waals surface area contributed by atoms with E-state index in [1.807, 2.05) is 36.4 Å². The molecule has 0 aliphatic carbocycles. The largest absolute Gasteiger partial charge is 0.497 e. The maximum absolute atomic E-state index is 12.1. The fourth-order valence-electron chi connectivity index (χ4n) is 2.29. The fraction of sp³-hybridized carbons (Fsp3) is 0.167. The van der Waals surface area contributed by atoms with E-state index in [0.717, 1.165) is 15.7 Å². The summed E-state index contributed by atoms with van der Waals surface area (Å²) in [5, 5.41) is 10.3. The van der Waals surface area contributed by atoms with Gasteiger partial charge in [0.2, 0.25) is 11.1 Å². The first kappa shape index (κ1) is 19.2. The molecule has 0 aliphatic heterocycles. The number of nitrogens with zero attached hydrogens (tertiary/aromatic N) is 2. The topological polar surface area (TPSA) is 89.1 Å². The highest BCUT2D eigenvalue weighted by atomic mass is 79.9. The Hall–Kier alpha value is -2.52. The van der Waals surface area contributed by atoms with Crippen LogP contribution >= 0.6 is 27.7 Å². The van der Waals surface area contributed by atoms with Crippen LogP contribution in [-0.2, 0) is 4.79 Å². The van der Waals surface area contributed by atoms with Gasteiger partial charge in [0.05, 0.1) is 25.5 Å². The van der Waals surface area contributed by atoms with E-state index < -0.39 is 0 Å². The van der Waals surface area contributed by atoms with Gasteiger partial charge in [-0.25, -0.2) is 4.98 Å². The zero-order chi connectivity index (χ0) is 19.2. The third kappa shape index (κ3) is 5.01. The molecule has 140 valence electrons. The average Bonchev–Trinajstić information content (AvgIpc) is 3.16. The number of carbonyl (C=O) groups excluding carboxylic acids is 1. The summed E-state index contributed by atoms with van der Waals surface area (Å²) >= 11 is 4.61. The molecule has 0 saturated heterocycles. The van der Waals surface area contributed by atoms with Crippen LogP contribution in [0.15, 0.2) is 52.1 Å². The summed E-state index contributed by atoms with van der Waals surface area (Å²) in [6, 6.07) is 12.8. The van der Waals surface area contributed by atoms with Crippen molar-refractivity contribution in [2.24, 2.45) is 0 Å². The lowest BCUT2D eigenvalue weighted by atomic mass is 10.2. The van der Waals surface area contributed by atoms with Crippen molar-refractivity contribution in [2.75, 3.05) is 25.3 Å². The van der Waals surface area contributed by atoms with Crippen LogP contribution in [0.4, 0.5) is 5.69 Å². The predicted octanol–water partition coefficient (Wildman–Crippen LogP) is 3.98. The van der Waals surface area contributed by atoms with Gasteiger partial charge in [-0.05, 0) is 36.4 Å². The van der Waals surface area contributed by atoms with Crippen LogP contribution in [0.1, 0.15) is 0 Å². The number of hydrogen-bond donors (Lipinski definition) is 2. The summed E-state index contributed by atoms with van der Waals surface area (Å²) in [5.74, 6) is 1.94. The van der Waals surface area contributed by atoms with E-state index in [1.165, 1.54) is 11.8 Å². The summed E-state index contributed by atoms with van der Waals surface area (Å²) < 4.78 is 11.5. The predicted molar refractivity (Wildman–Crippen MR) is 108 cm³/mol. The number of benzene rings is 2. The molecule has 0 bridgehead atoms. The molecule has 3 aromatic rings. The van der Waals surface area contributed by atoms with Crippen molar-refractivity contribution in [2.45, 2.75) is 5.16 Å². The Morgan fingerprint density at radius 2 is 1.96 bits per heavy atom. The average molecular weight is 449 g/mol. The van der Waals surface area contributed by atoms with Crippen LogP contribution in [0, 0.1) is 0 Å². The molecule has 0 atom stereocenters. The van der Waals surface area contributed by atoms with Crippen molar-refractivity contribution in [3.05, 3.63) is 46.9 Å². The lowest BCUT2D eigenvalue weighted by Crippen LogP contribution is -2.13. The zero-order valence-electron chi connectivity index (χ0n) is 14.7. The van der Waals surface area contributed by atoms with Gasteiger partial charge in [-0.2, -0.15) is 0 Å².